The molecule has 1 aliphatic heterocycles. The Morgan fingerprint density at radius 3 is 2.65 bits per heavy atom. The summed E-state index contributed by atoms with van der Waals surface area (Å²) in [7, 11) is 0. The van der Waals surface area contributed by atoms with Crippen molar-refractivity contribution in [3.8, 4) is 0 Å². The number of rotatable bonds is 6. The van der Waals surface area contributed by atoms with Crippen LogP contribution in [0, 0.1) is 0 Å². The van der Waals surface area contributed by atoms with Crippen molar-refractivity contribution in [2.45, 2.75) is 45.2 Å². The number of hydrogen-bond acceptors (Lipinski definition) is 2. The lowest BCUT2D eigenvalue weighted by Crippen LogP contribution is -2.41. The van der Waals surface area contributed by atoms with Gasteiger partial charge in [-0.25, -0.2) is 8.78 Å². The zero-order valence-corrected chi connectivity index (χ0v) is 12.1. The Balaban J connectivity index is 1.77. The van der Waals surface area contributed by atoms with Gasteiger partial charge in [-0.15, -0.1) is 0 Å². The fourth-order valence-corrected chi connectivity index (χ4v) is 2.72. The maximum atomic E-state index is 12.6. The van der Waals surface area contributed by atoms with E-state index in [-0.39, 0.29) is 5.56 Å². The van der Waals surface area contributed by atoms with Crippen molar-refractivity contribution in [3.05, 3.63) is 35.4 Å². The molecule has 0 bridgehead atoms. The van der Waals surface area contributed by atoms with E-state index in [1.165, 1.54) is 38.4 Å². The average molecular weight is 282 g/mol. The SMILES string of the molecule is CC(CN1CCCCC1)NCc1cccc(C(F)F)c1. The molecule has 1 atom stereocenters. The number of piperidine rings is 1. The molecule has 2 nitrogen and oxygen atoms in total. The van der Waals surface area contributed by atoms with Crippen molar-refractivity contribution in [2.75, 3.05) is 19.6 Å². The Labute approximate surface area is 120 Å². The standard InChI is InChI=1S/C16H24F2N2/c1-13(12-20-8-3-2-4-9-20)19-11-14-6-5-7-15(10-14)16(17)18/h5-7,10,13,16,19H,2-4,8-9,11-12H2,1H3. The number of hydrogen-bond donors (Lipinski definition) is 1. The van der Waals surface area contributed by atoms with Crippen LogP contribution in [0.5, 0.6) is 0 Å². The maximum Gasteiger partial charge on any atom is 0.263 e. The van der Waals surface area contributed by atoms with Gasteiger partial charge in [0.2, 0.25) is 0 Å². The summed E-state index contributed by atoms with van der Waals surface area (Å²) in [6.07, 6.45) is 1.55. The van der Waals surface area contributed by atoms with Gasteiger partial charge in [0.25, 0.3) is 6.43 Å². The van der Waals surface area contributed by atoms with Crippen LogP contribution in [0.1, 0.15) is 43.7 Å². The van der Waals surface area contributed by atoms with Crippen LogP contribution in [0.25, 0.3) is 0 Å². The highest BCUT2D eigenvalue weighted by Gasteiger charge is 2.13. The molecular formula is C16H24F2N2. The number of halogens is 2. The van der Waals surface area contributed by atoms with Gasteiger partial charge in [-0.05, 0) is 44.5 Å². The van der Waals surface area contributed by atoms with Crippen molar-refractivity contribution in [2.24, 2.45) is 0 Å². The van der Waals surface area contributed by atoms with Gasteiger partial charge >= 0.3 is 0 Å². The van der Waals surface area contributed by atoms with Crippen LogP contribution >= 0.6 is 0 Å². The van der Waals surface area contributed by atoms with Gasteiger partial charge in [0.05, 0.1) is 0 Å². The van der Waals surface area contributed by atoms with Crippen LogP contribution in [0.3, 0.4) is 0 Å². The van der Waals surface area contributed by atoms with Crippen LogP contribution in [0.2, 0.25) is 0 Å². The highest BCUT2D eigenvalue weighted by atomic mass is 19.3. The molecule has 112 valence electrons. The molecule has 2 rings (SSSR count). The highest BCUT2D eigenvalue weighted by Crippen LogP contribution is 2.19. The normalized spacial score (nSPS) is 18.4. The summed E-state index contributed by atoms with van der Waals surface area (Å²) in [5.41, 5.74) is 1.03. The van der Waals surface area contributed by atoms with Gasteiger partial charge in [-0.3, -0.25) is 0 Å². The van der Waals surface area contributed by atoms with E-state index in [9.17, 15) is 8.78 Å². The summed E-state index contributed by atoms with van der Waals surface area (Å²) < 4.78 is 25.3. The van der Waals surface area contributed by atoms with Gasteiger partial charge in [-0.1, -0.05) is 24.6 Å². The number of likely N-dealkylation sites (tertiary alicyclic amines) is 1. The van der Waals surface area contributed by atoms with Crippen LogP contribution in [0.4, 0.5) is 8.78 Å². The molecule has 0 spiro atoms. The summed E-state index contributed by atoms with van der Waals surface area (Å²) in [5, 5.41) is 3.43. The van der Waals surface area contributed by atoms with Crippen LogP contribution in [0.15, 0.2) is 24.3 Å². The van der Waals surface area contributed by atoms with Gasteiger partial charge in [-0.2, -0.15) is 0 Å². The zero-order valence-electron chi connectivity index (χ0n) is 12.1. The first-order valence-corrected chi connectivity index (χ1v) is 7.48. The molecule has 1 saturated heterocycles. The number of nitrogens with one attached hydrogen (secondary N) is 1. The van der Waals surface area contributed by atoms with Crippen molar-refractivity contribution in [1.29, 1.82) is 0 Å². The molecule has 20 heavy (non-hydrogen) atoms. The Morgan fingerprint density at radius 2 is 1.95 bits per heavy atom. The molecule has 1 fully saturated rings. The van der Waals surface area contributed by atoms with Crippen LogP contribution in [-0.4, -0.2) is 30.6 Å². The largest absolute Gasteiger partial charge is 0.309 e. The van der Waals surface area contributed by atoms with Gasteiger partial charge in [0, 0.05) is 24.7 Å². The summed E-state index contributed by atoms with van der Waals surface area (Å²) in [4.78, 5) is 2.48. The Hall–Kier alpha value is -1.00. The van der Waals surface area contributed by atoms with E-state index >= 15 is 0 Å². The summed E-state index contributed by atoms with van der Waals surface area (Å²) in [6, 6.07) is 7.04. The third-order valence-corrected chi connectivity index (χ3v) is 3.84. The molecule has 1 aliphatic rings. The molecule has 0 aliphatic carbocycles. The average Bonchev–Trinajstić information content (AvgIpc) is 2.46. The second-order valence-electron chi connectivity index (χ2n) is 5.69. The van der Waals surface area contributed by atoms with Crippen LogP contribution in [-0.2, 0) is 6.54 Å². The molecule has 0 amide bonds. The predicted molar refractivity (Wildman–Crippen MR) is 78.0 cm³/mol. The monoisotopic (exact) mass is 282 g/mol. The minimum atomic E-state index is -2.39. The number of benzene rings is 1. The molecule has 1 aromatic rings. The van der Waals surface area contributed by atoms with E-state index < -0.39 is 6.43 Å². The third-order valence-electron chi connectivity index (χ3n) is 3.84. The minimum absolute atomic E-state index is 0.105. The quantitative estimate of drug-likeness (QED) is 0.858. The lowest BCUT2D eigenvalue weighted by atomic mass is 10.1. The predicted octanol–water partition coefficient (Wildman–Crippen LogP) is 3.59. The fourth-order valence-electron chi connectivity index (χ4n) is 2.72. The van der Waals surface area contributed by atoms with Crippen LogP contribution < -0.4 is 5.32 Å². The Kier molecular flexibility index (Phi) is 5.92. The van der Waals surface area contributed by atoms with Crippen molar-refractivity contribution >= 4 is 0 Å². The molecule has 4 heteroatoms. The molecule has 0 aromatic heterocycles. The first-order chi connectivity index (χ1) is 9.65. The zero-order chi connectivity index (χ0) is 14.4. The van der Waals surface area contributed by atoms with E-state index in [1.54, 1.807) is 12.1 Å². The molecule has 1 heterocycles. The fraction of sp³-hybridized carbons (Fsp3) is 0.625. The van der Waals surface area contributed by atoms with E-state index in [0.717, 1.165) is 12.1 Å². The van der Waals surface area contributed by atoms with Gasteiger partial charge in [0.15, 0.2) is 0 Å². The molecular weight excluding hydrogens is 258 g/mol. The summed E-state index contributed by atoms with van der Waals surface area (Å²) in [6.45, 7) is 6.22. The Morgan fingerprint density at radius 1 is 1.20 bits per heavy atom. The second-order valence-corrected chi connectivity index (χ2v) is 5.69. The number of alkyl halides is 2. The van der Waals surface area contributed by atoms with Crippen molar-refractivity contribution in [3.63, 3.8) is 0 Å². The van der Waals surface area contributed by atoms with Gasteiger partial charge in [0.1, 0.15) is 0 Å². The van der Waals surface area contributed by atoms with Crippen molar-refractivity contribution < 1.29 is 8.78 Å². The van der Waals surface area contributed by atoms with E-state index in [1.807, 2.05) is 6.07 Å². The second kappa shape index (κ2) is 7.70. The molecule has 1 unspecified atom stereocenters. The molecule has 1 N–H and O–H groups in total. The summed E-state index contributed by atoms with van der Waals surface area (Å²) in [5.74, 6) is 0. The smallest absolute Gasteiger partial charge is 0.263 e. The first kappa shape index (κ1) is 15.4. The van der Waals surface area contributed by atoms with E-state index in [2.05, 4.69) is 17.1 Å². The van der Waals surface area contributed by atoms with Crippen molar-refractivity contribution in [1.82, 2.24) is 10.2 Å². The maximum absolute atomic E-state index is 12.6. The summed E-state index contributed by atoms with van der Waals surface area (Å²) >= 11 is 0. The molecule has 1 aromatic carbocycles. The lowest BCUT2D eigenvalue weighted by Gasteiger charge is -2.29. The molecule has 0 radical (unpaired) electrons. The van der Waals surface area contributed by atoms with E-state index in [0.29, 0.717) is 12.6 Å². The Bertz CT molecular complexity index is 403. The highest BCUT2D eigenvalue weighted by molar-refractivity contribution is 5.24. The van der Waals surface area contributed by atoms with Gasteiger partial charge < -0.3 is 10.2 Å². The number of nitrogens with zero attached hydrogens (tertiary/aromatic N) is 1. The first-order valence-electron chi connectivity index (χ1n) is 7.48. The lowest BCUT2D eigenvalue weighted by molar-refractivity contribution is 0.151. The topological polar surface area (TPSA) is 15.3 Å². The van der Waals surface area contributed by atoms with E-state index in [4.69, 9.17) is 0 Å². The third kappa shape index (κ3) is 4.84. The molecule has 0 saturated carbocycles. The minimum Gasteiger partial charge on any atom is -0.309 e.